The quantitative estimate of drug-likeness (QED) is 0.481. The highest BCUT2D eigenvalue weighted by molar-refractivity contribution is 5.94. The van der Waals surface area contributed by atoms with Crippen molar-refractivity contribution in [2.24, 2.45) is 0 Å². The molecule has 1 aliphatic carbocycles. The lowest BCUT2D eigenvalue weighted by Crippen LogP contribution is -2.48. The number of halogens is 1. The molecule has 3 aliphatic rings. The highest BCUT2D eigenvalue weighted by atomic mass is 19.1. The van der Waals surface area contributed by atoms with Crippen molar-refractivity contribution in [1.82, 2.24) is 15.1 Å². The Morgan fingerprint density at radius 3 is 2.65 bits per heavy atom. The Bertz CT molecular complexity index is 1220. The van der Waals surface area contributed by atoms with E-state index >= 15 is 0 Å². The molecule has 0 aromatic heterocycles. The van der Waals surface area contributed by atoms with Crippen molar-refractivity contribution in [3.63, 3.8) is 0 Å². The molecule has 0 saturated carbocycles. The summed E-state index contributed by atoms with van der Waals surface area (Å²) in [5, 5.41) is 25.8. The number of nitrogens with zero attached hydrogens (tertiary/aromatic N) is 2. The van der Waals surface area contributed by atoms with Crippen molar-refractivity contribution in [1.29, 1.82) is 0 Å². The van der Waals surface area contributed by atoms with E-state index < -0.39 is 36.4 Å². The number of amides is 4. The smallest absolute Gasteiger partial charge is 0.318 e. The second kappa shape index (κ2) is 9.73. The molecule has 2 aliphatic heterocycles. The number of carbonyl (C=O) groups is 3. The summed E-state index contributed by atoms with van der Waals surface area (Å²) >= 11 is 0. The van der Waals surface area contributed by atoms with Crippen molar-refractivity contribution in [3.8, 4) is 0 Å². The topological polar surface area (TPSA) is 131 Å². The molecule has 0 radical (unpaired) electrons. The Balaban J connectivity index is 1.36. The molecule has 196 valence electrons. The normalized spacial score (nSPS) is 26.6. The van der Waals surface area contributed by atoms with Gasteiger partial charge in [-0.3, -0.25) is 14.5 Å². The van der Waals surface area contributed by atoms with Gasteiger partial charge in [0.25, 0.3) is 5.91 Å². The molecule has 4 N–H and O–H groups in total. The number of carbonyl (C=O) groups excluding carboxylic acids is 3. The van der Waals surface area contributed by atoms with Crippen LogP contribution in [-0.2, 0) is 26.3 Å². The van der Waals surface area contributed by atoms with Crippen LogP contribution in [0.4, 0.5) is 14.9 Å². The van der Waals surface area contributed by atoms with Gasteiger partial charge in [-0.2, -0.15) is 0 Å². The number of likely N-dealkylation sites (tertiary alicyclic amines) is 1. The molecule has 4 atom stereocenters. The van der Waals surface area contributed by atoms with Crippen LogP contribution in [0, 0.1) is 5.82 Å². The minimum absolute atomic E-state index is 0.250. The minimum Gasteiger partial charge on any atom is -0.394 e. The fourth-order valence-corrected chi connectivity index (χ4v) is 5.71. The SMILES string of the molecule is CNC(=O)Nc1ccc2c(c1)CCC21OC(O)N(CC(=O)N2[C@@H](CO)CC[C@H]2c2ccc(F)cc2)C1=O. The molecule has 0 bridgehead atoms. The van der Waals surface area contributed by atoms with Gasteiger partial charge in [0.2, 0.25) is 12.3 Å². The van der Waals surface area contributed by atoms with E-state index in [0.717, 1.165) is 16.0 Å². The summed E-state index contributed by atoms with van der Waals surface area (Å²) in [6.07, 6.45) is 0.295. The number of aliphatic hydroxyl groups excluding tert-OH is 2. The number of aliphatic hydroxyl groups is 2. The van der Waals surface area contributed by atoms with Gasteiger partial charge >= 0.3 is 6.03 Å². The molecule has 4 amide bonds. The van der Waals surface area contributed by atoms with Gasteiger partial charge in [0.1, 0.15) is 12.4 Å². The summed E-state index contributed by atoms with van der Waals surface area (Å²) in [6, 6.07) is 9.76. The first-order valence-corrected chi connectivity index (χ1v) is 12.2. The van der Waals surface area contributed by atoms with E-state index in [1.807, 2.05) is 0 Å². The van der Waals surface area contributed by atoms with Gasteiger partial charge < -0.3 is 30.5 Å². The zero-order valence-electron chi connectivity index (χ0n) is 20.3. The molecule has 2 aromatic carbocycles. The number of fused-ring (bicyclic) bond motifs is 2. The van der Waals surface area contributed by atoms with Crippen molar-refractivity contribution < 1.29 is 33.7 Å². The number of urea groups is 1. The molecule has 37 heavy (non-hydrogen) atoms. The van der Waals surface area contributed by atoms with Crippen LogP contribution in [0.25, 0.3) is 0 Å². The number of nitrogens with one attached hydrogen (secondary N) is 2. The number of benzene rings is 2. The maximum Gasteiger partial charge on any atom is 0.318 e. The number of rotatable bonds is 5. The maximum absolute atomic E-state index is 13.6. The summed E-state index contributed by atoms with van der Waals surface area (Å²) in [4.78, 5) is 41.3. The molecule has 1 spiro atoms. The van der Waals surface area contributed by atoms with E-state index in [9.17, 15) is 29.0 Å². The van der Waals surface area contributed by atoms with Crippen LogP contribution in [-0.4, -0.2) is 70.5 Å². The van der Waals surface area contributed by atoms with Crippen LogP contribution in [0.2, 0.25) is 0 Å². The van der Waals surface area contributed by atoms with E-state index in [2.05, 4.69) is 10.6 Å². The van der Waals surface area contributed by atoms with Gasteiger partial charge in [0.15, 0.2) is 5.60 Å². The third-order valence-electron chi connectivity index (χ3n) is 7.51. The Morgan fingerprint density at radius 2 is 1.95 bits per heavy atom. The number of aryl methyl sites for hydroxylation is 1. The number of hydrogen-bond acceptors (Lipinski definition) is 6. The Kier molecular flexibility index (Phi) is 6.61. The lowest BCUT2D eigenvalue weighted by molar-refractivity contribution is -0.182. The molecule has 2 fully saturated rings. The van der Waals surface area contributed by atoms with E-state index in [0.29, 0.717) is 30.5 Å². The minimum atomic E-state index is -1.62. The second-order valence-corrected chi connectivity index (χ2v) is 9.56. The highest BCUT2D eigenvalue weighted by Crippen LogP contribution is 2.47. The summed E-state index contributed by atoms with van der Waals surface area (Å²) in [5.41, 5.74) is 1.27. The van der Waals surface area contributed by atoms with Crippen LogP contribution >= 0.6 is 0 Å². The first kappa shape index (κ1) is 25.1. The molecule has 2 unspecified atom stereocenters. The van der Waals surface area contributed by atoms with Gasteiger partial charge in [0.05, 0.1) is 18.7 Å². The van der Waals surface area contributed by atoms with Crippen molar-refractivity contribution in [2.45, 2.75) is 49.8 Å². The summed E-state index contributed by atoms with van der Waals surface area (Å²) in [6.45, 7) is -0.679. The first-order chi connectivity index (χ1) is 17.8. The predicted molar refractivity (Wildman–Crippen MR) is 129 cm³/mol. The van der Waals surface area contributed by atoms with Crippen LogP contribution in [0.5, 0.6) is 0 Å². The zero-order valence-corrected chi connectivity index (χ0v) is 20.3. The standard InChI is InChI=1S/C26H29FN4O6/c1-28-24(35)29-18-6-8-20-16(12-18)10-11-26(20)23(34)30(25(36)37-26)13-22(33)31-19(14-32)7-9-21(31)15-2-4-17(27)5-3-15/h2-6,8,12,19,21,25,32,36H,7,9-11,13-14H2,1H3,(H2,28,29,35)/t19-,21+,25?,26?/m1/s1. The van der Waals surface area contributed by atoms with Crippen molar-refractivity contribution in [3.05, 3.63) is 65.0 Å². The molecule has 11 heteroatoms. The molecule has 10 nitrogen and oxygen atoms in total. The summed E-state index contributed by atoms with van der Waals surface area (Å²) in [5.74, 6) is -1.35. The van der Waals surface area contributed by atoms with Crippen LogP contribution < -0.4 is 10.6 Å². The molecular weight excluding hydrogens is 483 g/mol. The lowest BCUT2D eigenvalue weighted by Gasteiger charge is -2.32. The third-order valence-corrected chi connectivity index (χ3v) is 7.51. The largest absolute Gasteiger partial charge is 0.394 e. The van der Waals surface area contributed by atoms with Crippen molar-refractivity contribution in [2.75, 3.05) is 25.5 Å². The van der Waals surface area contributed by atoms with E-state index in [-0.39, 0.29) is 30.9 Å². The maximum atomic E-state index is 13.6. The van der Waals surface area contributed by atoms with E-state index in [1.165, 1.54) is 24.1 Å². The van der Waals surface area contributed by atoms with Gasteiger partial charge in [-0.1, -0.05) is 18.2 Å². The zero-order chi connectivity index (χ0) is 26.3. The van der Waals surface area contributed by atoms with Gasteiger partial charge in [-0.25, -0.2) is 9.18 Å². The fourth-order valence-electron chi connectivity index (χ4n) is 5.71. The lowest BCUT2D eigenvalue weighted by atomic mass is 9.94. The van der Waals surface area contributed by atoms with E-state index in [4.69, 9.17) is 4.74 Å². The molecule has 2 saturated heterocycles. The van der Waals surface area contributed by atoms with Gasteiger partial charge in [-0.05, 0) is 66.6 Å². The average molecular weight is 513 g/mol. The molecule has 5 rings (SSSR count). The monoisotopic (exact) mass is 512 g/mol. The van der Waals surface area contributed by atoms with Gasteiger partial charge in [-0.15, -0.1) is 0 Å². The Hall–Kier alpha value is -3.54. The molecular formula is C26H29FN4O6. The third kappa shape index (κ3) is 4.32. The van der Waals surface area contributed by atoms with Crippen LogP contribution in [0.15, 0.2) is 42.5 Å². The van der Waals surface area contributed by atoms with E-state index in [1.54, 1.807) is 30.3 Å². The number of anilines is 1. The van der Waals surface area contributed by atoms with Crippen LogP contribution in [0.1, 0.15) is 42.0 Å². The average Bonchev–Trinajstić information content (AvgIpc) is 3.55. The van der Waals surface area contributed by atoms with Crippen molar-refractivity contribution >= 4 is 23.5 Å². The Labute approximate surface area is 213 Å². The summed E-state index contributed by atoms with van der Waals surface area (Å²) < 4.78 is 19.3. The number of hydrogen-bond donors (Lipinski definition) is 4. The Morgan fingerprint density at radius 1 is 1.19 bits per heavy atom. The number of ether oxygens (including phenoxy) is 1. The molecule has 2 heterocycles. The molecule has 2 aromatic rings. The van der Waals surface area contributed by atoms with Crippen LogP contribution in [0.3, 0.4) is 0 Å². The first-order valence-electron chi connectivity index (χ1n) is 12.2. The van der Waals surface area contributed by atoms with Gasteiger partial charge in [0, 0.05) is 12.7 Å². The predicted octanol–water partition coefficient (Wildman–Crippen LogP) is 1.58. The fraction of sp³-hybridized carbons (Fsp3) is 0.423. The summed E-state index contributed by atoms with van der Waals surface area (Å²) in [7, 11) is 1.51. The highest BCUT2D eigenvalue weighted by Gasteiger charge is 2.57. The second-order valence-electron chi connectivity index (χ2n) is 9.56.